The number of amides is 1. The zero-order valence-corrected chi connectivity index (χ0v) is 12.9. The van der Waals surface area contributed by atoms with Crippen LogP contribution < -0.4 is 10.6 Å². The van der Waals surface area contributed by atoms with Gasteiger partial charge in [0.15, 0.2) is 0 Å². The van der Waals surface area contributed by atoms with Gasteiger partial charge in [0.1, 0.15) is 5.82 Å². The largest absolute Gasteiger partial charge is 0.355 e. The molecule has 2 aliphatic heterocycles. The van der Waals surface area contributed by atoms with Crippen molar-refractivity contribution in [2.24, 2.45) is 11.8 Å². The third-order valence-electron chi connectivity index (χ3n) is 4.60. The van der Waals surface area contributed by atoms with Crippen molar-refractivity contribution < 1.29 is 9.18 Å². The van der Waals surface area contributed by atoms with Crippen LogP contribution in [0, 0.1) is 17.7 Å². The molecule has 1 unspecified atom stereocenters. The zero-order chi connectivity index (χ0) is 15.4. The predicted molar refractivity (Wildman–Crippen MR) is 83.8 cm³/mol. The second-order valence-corrected chi connectivity index (χ2v) is 6.47. The van der Waals surface area contributed by atoms with E-state index in [1.807, 2.05) is 6.07 Å². The summed E-state index contributed by atoms with van der Waals surface area (Å²) in [5, 5.41) is 6.30. The molecule has 1 aromatic carbocycles. The Bertz CT molecular complexity index is 518. The smallest absolute Gasteiger partial charge is 0.224 e. The van der Waals surface area contributed by atoms with Crippen LogP contribution in [-0.4, -0.2) is 43.5 Å². The Hall–Kier alpha value is -1.46. The van der Waals surface area contributed by atoms with Crippen LogP contribution in [-0.2, 0) is 11.3 Å². The van der Waals surface area contributed by atoms with E-state index < -0.39 is 0 Å². The van der Waals surface area contributed by atoms with Crippen molar-refractivity contribution in [3.8, 4) is 0 Å². The molecule has 0 saturated carbocycles. The first-order valence-corrected chi connectivity index (χ1v) is 8.16. The van der Waals surface area contributed by atoms with Crippen molar-refractivity contribution in [2.75, 3.05) is 32.7 Å². The van der Waals surface area contributed by atoms with Crippen molar-refractivity contribution in [2.45, 2.75) is 19.4 Å². The van der Waals surface area contributed by atoms with Crippen LogP contribution in [0.1, 0.15) is 18.4 Å². The number of piperidine rings is 1. The highest BCUT2D eigenvalue weighted by Gasteiger charge is 2.26. The molecular formula is C17H24FN3O. The number of rotatable bonds is 5. The van der Waals surface area contributed by atoms with Crippen LogP contribution >= 0.6 is 0 Å². The summed E-state index contributed by atoms with van der Waals surface area (Å²) in [7, 11) is 0. The molecule has 0 aliphatic carbocycles. The summed E-state index contributed by atoms with van der Waals surface area (Å²) in [5.41, 5.74) is 0.974. The zero-order valence-electron chi connectivity index (χ0n) is 12.9. The van der Waals surface area contributed by atoms with Gasteiger partial charge in [-0.15, -0.1) is 0 Å². The summed E-state index contributed by atoms with van der Waals surface area (Å²) in [5.74, 6) is 0.639. The van der Waals surface area contributed by atoms with E-state index in [1.165, 1.54) is 6.07 Å². The summed E-state index contributed by atoms with van der Waals surface area (Å²) in [4.78, 5) is 14.5. The first-order valence-electron chi connectivity index (χ1n) is 8.16. The van der Waals surface area contributed by atoms with Crippen molar-refractivity contribution in [1.82, 2.24) is 15.5 Å². The van der Waals surface area contributed by atoms with Crippen LogP contribution in [0.5, 0.6) is 0 Å². The van der Waals surface area contributed by atoms with E-state index in [9.17, 15) is 9.18 Å². The van der Waals surface area contributed by atoms with Crippen molar-refractivity contribution in [3.05, 3.63) is 35.6 Å². The minimum atomic E-state index is -0.196. The van der Waals surface area contributed by atoms with E-state index in [0.717, 1.165) is 51.1 Å². The Balaban J connectivity index is 1.48. The van der Waals surface area contributed by atoms with Gasteiger partial charge in [0, 0.05) is 38.6 Å². The maximum atomic E-state index is 13.3. The normalized spacial score (nSPS) is 23.0. The predicted octanol–water partition coefficient (Wildman–Crippen LogP) is 1.37. The molecule has 2 N–H and O–H groups in total. The van der Waals surface area contributed by atoms with Gasteiger partial charge in [-0.1, -0.05) is 12.1 Å². The van der Waals surface area contributed by atoms with Gasteiger partial charge in [-0.2, -0.15) is 0 Å². The molecule has 120 valence electrons. The number of likely N-dealkylation sites (tertiary alicyclic amines) is 1. The van der Waals surface area contributed by atoms with Crippen LogP contribution in [0.15, 0.2) is 24.3 Å². The fourth-order valence-corrected chi connectivity index (χ4v) is 3.19. The molecule has 5 heteroatoms. The molecule has 4 nitrogen and oxygen atoms in total. The van der Waals surface area contributed by atoms with E-state index >= 15 is 0 Å². The van der Waals surface area contributed by atoms with E-state index in [2.05, 4.69) is 15.5 Å². The summed E-state index contributed by atoms with van der Waals surface area (Å²) < 4.78 is 13.3. The van der Waals surface area contributed by atoms with E-state index in [4.69, 9.17) is 0 Å². The molecule has 1 atom stereocenters. The van der Waals surface area contributed by atoms with Gasteiger partial charge >= 0.3 is 0 Å². The lowest BCUT2D eigenvalue weighted by atomic mass is 9.96. The van der Waals surface area contributed by atoms with Crippen molar-refractivity contribution in [3.63, 3.8) is 0 Å². The quantitative estimate of drug-likeness (QED) is 0.864. The standard InChI is InChI=1S/C17H24FN3O/c18-16-5-1-3-13(7-16)11-21-6-2-4-15(12-21)17(22)20-10-14-8-19-9-14/h1,3,5,7,14-15,19H,2,4,6,8-12H2,(H,20,22). The Morgan fingerprint density at radius 3 is 3.00 bits per heavy atom. The minimum Gasteiger partial charge on any atom is -0.355 e. The SMILES string of the molecule is O=C(NCC1CNC1)C1CCCN(Cc2cccc(F)c2)C1. The molecule has 0 bridgehead atoms. The highest BCUT2D eigenvalue weighted by Crippen LogP contribution is 2.19. The topological polar surface area (TPSA) is 44.4 Å². The van der Waals surface area contributed by atoms with Crippen molar-refractivity contribution >= 4 is 5.91 Å². The summed E-state index contributed by atoms with van der Waals surface area (Å²) in [6.45, 7) is 5.27. The van der Waals surface area contributed by atoms with E-state index in [1.54, 1.807) is 12.1 Å². The first kappa shape index (κ1) is 15.4. The Morgan fingerprint density at radius 2 is 2.27 bits per heavy atom. The Morgan fingerprint density at radius 1 is 1.41 bits per heavy atom. The minimum absolute atomic E-state index is 0.0651. The summed E-state index contributed by atoms with van der Waals surface area (Å²) in [6.07, 6.45) is 1.98. The number of carbonyl (C=O) groups excluding carboxylic acids is 1. The monoisotopic (exact) mass is 305 g/mol. The molecule has 0 radical (unpaired) electrons. The molecule has 2 fully saturated rings. The summed E-state index contributed by atoms with van der Waals surface area (Å²) in [6, 6.07) is 6.72. The number of halogens is 1. The van der Waals surface area contributed by atoms with Crippen molar-refractivity contribution in [1.29, 1.82) is 0 Å². The van der Waals surface area contributed by atoms with Crippen LogP contribution in [0.2, 0.25) is 0 Å². The van der Waals surface area contributed by atoms with Gasteiger partial charge in [-0.05, 0) is 37.1 Å². The summed E-state index contributed by atoms with van der Waals surface area (Å²) >= 11 is 0. The Labute approximate surface area is 131 Å². The van der Waals surface area contributed by atoms with E-state index in [0.29, 0.717) is 12.5 Å². The molecular weight excluding hydrogens is 281 g/mol. The lowest BCUT2D eigenvalue weighted by molar-refractivity contribution is -0.127. The molecule has 2 heterocycles. The third kappa shape index (κ3) is 4.05. The maximum Gasteiger partial charge on any atom is 0.224 e. The third-order valence-corrected chi connectivity index (χ3v) is 4.60. The number of nitrogens with one attached hydrogen (secondary N) is 2. The molecule has 1 aromatic rings. The second-order valence-electron chi connectivity index (χ2n) is 6.47. The van der Waals surface area contributed by atoms with Gasteiger partial charge in [-0.3, -0.25) is 9.69 Å². The lowest BCUT2D eigenvalue weighted by Crippen LogP contribution is -2.50. The molecule has 22 heavy (non-hydrogen) atoms. The van der Waals surface area contributed by atoms with Crippen LogP contribution in [0.25, 0.3) is 0 Å². The number of carbonyl (C=O) groups is 1. The number of hydrogen-bond acceptors (Lipinski definition) is 3. The molecule has 0 aromatic heterocycles. The number of benzene rings is 1. The highest BCUT2D eigenvalue weighted by molar-refractivity contribution is 5.79. The molecule has 2 aliphatic rings. The highest BCUT2D eigenvalue weighted by atomic mass is 19.1. The lowest BCUT2D eigenvalue weighted by Gasteiger charge is -2.33. The molecule has 1 amide bonds. The van der Waals surface area contributed by atoms with Gasteiger partial charge in [-0.25, -0.2) is 4.39 Å². The van der Waals surface area contributed by atoms with Gasteiger partial charge in [0.05, 0.1) is 5.92 Å². The second kappa shape index (κ2) is 7.20. The van der Waals surface area contributed by atoms with E-state index in [-0.39, 0.29) is 17.6 Å². The maximum absolute atomic E-state index is 13.3. The average Bonchev–Trinajstić information content (AvgIpc) is 2.46. The fraction of sp³-hybridized carbons (Fsp3) is 0.588. The number of hydrogen-bond donors (Lipinski definition) is 2. The van der Waals surface area contributed by atoms with Gasteiger partial charge in [0.25, 0.3) is 0 Å². The molecule has 0 spiro atoms. The number of nitrogens with zero attached hydrogens (tertiary/aromatic N) is 1. The molecule has 2 saturated heterocycles. The average molecular weight is 305 g/mol. The Kier molecular flexibility index (Phi) is 5.05. The van der Waals surface area contributed by atoms with Gasteiger partial charge < -0.3 is 10.6 Å². The first-order chi connectivity index (χ1) is 10.7. The van der Waals surface area contributed by atoms with Crippen LogP contribution in [0.3, 0.4) is 0 Å². The van der Waals surface area contributed by atoms with Crippen LogP contribution in [0.4, 0.5) is 4.39 Å². The fourth-order valence-electron chi connectivity index (χ4n) is 3.19. The van der Waals surface area contributed by atoms with Gasteiger partial charge in [0.2, 0.25) is 5.91 Å². The molecule has 3 rings (SSSR count).